The fourth-order valence-electron chi connectivity index (χ4n) is 7.53. The normalized spacial score (nSPS) is 15.3. The smallest absolute Gasteiger partial charge is 0.229 e. The fourth-order valence-corrected chi connectivity index (χ4v) is 7.53. The van der Waals surface area contributed by atoms with Crippen LogP contribution in [0.2, 0.25) is 0 Å². The highest BCUT2D eigenvalue weighted by molar-refractivity contribution is 5.93. The second-order valence-corrected chi connectivity index (χ2v) is 21.6. The summed E-state index contributed by atoms with van der Waals surface area (Å²) in [5, 5.41) is 38.2. The summed E-state index contributed by atoms with van der Waals surface area (Å²) in [6, 6.07) is 11.3. The summed E-state index contributed by atoms with van der Waals surface area (Å²) in [6.45, 7) is 27.4. The van der Waals surface area contributed by atoms with Gasteiger partial charge in [-0.1, -0.05) is 13.8 Å². The molecule has 376 valence electrons. The number of rotatable bonds is 13. The first-order valence-corrected chi connectivity index (χ1v) is 23.5. The number of pyridine rings is 3. The minimum atomic E-state index is -1.64. The van der Waals surface area contributed by atoms with Crippen molar-refractivity contribution in [1.29, 1.82) is 0 Å². The molecule has 1 aliphatic carbocycles. The Kier molecular flexibility index (Phi) is 15.8. The van der Waals surface area contributed by atoms with Gasteiger partial charge in [-0.15, -0.1) is 0 Å². The Morgan fingerprint density at radius 3 is 1.33 bits per heavy atom. The van der Waals surface area contributed by atoms with E-state index in [2.05, 4.69) is 52.8 Å². The third kappa shape index (κ3) is 13.7. The third-order valence-corrected chi connectivity index (χ3v) is 11.8. The number of hydrogen-bond acceptors (Lipinski definition) is 12. The number of aryl methyl sites for hydroxylation is 3. The molecular weight excluding hydrogens is 884 g/mol. The number of nitrogens with one attached hydrogen (secondary N) is 3. The van der Waals surface area contributed by atoms with E-state index in [1.165, 1.54) is 0 Å². The molecule has 6 aromatic rings. The molecule has 6 heterocycles. The number of fused-ring (bicyclic) bond motifs is 3. The predicted octanol–water partition coefficient (Wildman–Crippen LogP) is 8.27. The first-order valence-electron chi connectivity index (χ1n) is 23.5. The number of carbonyl (C=O) groups excluding carboxylic acids is 3. The van der Waals surface area contributed by atoms with Gasteiger partial charge in [0.2, 0.25) is 35.6 Å². The summed E-state index contributed by atoms with van der Waals surface area (Å²) >= 11 is 0. The highest BCUT2D eigenvalue weighted by Gasteiger charge is 2.43. The Morgan fingerprint density at radius 2 is 0.957 bits per heavy atom. The molecule has 2 atom stereocenters. The van der Waals surface area contributed by atoms with Gasteiger partial charge in [0.05, 0.1) is 30.5 Å². The number of hydrogen-bond donors (Lipinski definition) is 6. The Labute approximate surface area is 404 Å². The summed E-state index contributed by atoms with van der Waals surface area (Å²) in [5.41, 5.74) is 2.70. The number of anilines is 3. The Bertz CT molecular complexity index is 2820. The summed E-state index contributed by atoms with van der Waals surface area (Å²) in [7, 11) is 0. The average Bonchev–Trinajstić information content (AvgIpc) is 3.50. The van der Waals surface area contributed by atoms with Crippen molar-refractivity contribution in [2.45, 2.75) is 182 Å². The predicted molar refractivity (Wildman–Crippen MR) is 268 cm³/mol. The van der Waals surface area contributed by atoms with Gasteiger partial charge in [-0.25, -0.2) is 34.3 Å². The number of aromatic nitrogens is 9. The quantitative estimate of drug-likeness (QED) is 0.0641. The van der Waals surface area contributed by atoms with E-state index in [1.807, 2.05) is 119 Å². The van der Waals surface area contributed by atoms with Crippen molar-refractivity contribution >= 4 is 69.1 Å². The van der Waals surface area contributed by atoms with E-state index in [-0.39, 0.29) is 54.1 Å². The van der Waals surface area contributed by atoms with Gasteiger partial charge in [0.15, 0.2) is 16.9 Å². The molecule has 0 aliphatic heterocycles. The van der Waals surface area contributed by atoms with Crippen molar-refractivity contribution in [2.75, 3.05) is 22.6 Å². The van der Waals surface area contributed by atoms with Crippen LogP contribution in [0.4, 0.5) is 22.2 Å². The van der Waals surface area contributed by atoms with Crippen molar-refractivity contribution < 1.29 is 34.1 Å². The van der Waals surface area contributed by atoms with Crippen LogP contribution in [0.5, 0.6) is 0 Å². The largest absolute Gasteiger partial charge is 0.390 e. The van der Waals surface area contributed by atoms with Crippen LogP contribution in [-0.4, -0.2) is 100 Å². The summed E-state index contributed by atoms with van der Waals surface area (Å²) in [5.74, 6) is 0.344. The second kappa shape index (κ2) is 20.2. The van der Waals surface area contributed by atoms with Crippen LogP contribution in [0.25, 0.3) is 33.5 Å². The zero-order valence-corrected chi connectivity index (χ0v) is 43.1. The van der Waals surface area contributed by atoms with Crippen LogP contribution < -0.4 is 16.0 Å². The van der Waals surface area contributed by atoms with Crippen LogP contribution in [0.1, 0.15) is 145 Å². The Balaban J connectivity index is 0.000000193. The first-order chi connectivity index (χ1) is 31.8. The van der Waals surface area contributed by atoms with Crippen molar-refractivity contribution in [2.24, 2.45) is 0 Å². The maximum atomic E-state index is 13.0. The zero-order chi connectivity index (χ0) is 51.7. The monoisotopic (exact) mass is 957 g/mol. The molecule has 0 spiro atoms. The van der Waals surface area contributed by atoms with Crippen LogP contribution in [0, 0.1) is 20.8 Å². The van der Waals surface area contributed by atoms with Crippen molar-refractivity contribution in [1.82, 2.24) is 43.6 Å². The van der Waals surface area contributed by atoms with E-state index in [1.54, 1.807) is 27.7 Å². The molecule has 2 unspecified atom stereocenters. The SMILES string of the molecule is CCC(C)(O)CC(=O)Nc1nc2ccc(C)nc2n1C(C)(C)C.CCC(O)(CF)CC(=O)Nc1nc2ccc(C)nc2n1C(C)(C)C.Cc1ccc2nc(NC(=O)CC(C)(C)O)n(C3(C)CC3)c2n1. The molecular formula is C50H73FN12O6. The highest BCUT2D eigenvalue weighted by Crippen LogP contribution is 2.46. The van der Waals surface area contributed by atoms with E-state index >= 15 is 0 Å². The number of nitrogens with zero attached hydrogens (tertiary/aromatic N) is 9. The molecule has 1 saturated carbocycles. The summed E-state index contributed by atoms with van der Waals surface area (Å²) < 4.78 is 18.8. The number of halogens is 1. The number of alkyl halides is 1. The first kappa shape index (κ1) is 54.0. The maximum Gasteiger partial charge on any atom is 0.229 e. The van der Waals surface area contributed by atoms with Crippen LogP contribution >= 0.6 is 0 Å². The van der Waals surface area contributed by atoms with E-state index in [4.69, 9.17) is 0 Å². The average molecular weight is 957 g/mol. The third-order valence-electron chi connectivity index (χ3n) is 11.8. The van der Waals surface area contributed by atoms with Gasteiger partial charge < -0.3 is 15.3 Å². The molecule has 0 radical (unpaired) electrons. The lowest BCUT2D eigenvalue weighted by Crippen LogP contribution is -2.36. The van der Waals surface area contributed by atoms with Crippen molar-refractivity contribution in [3.63, 3.8) is 0 Å². The van der Waals surface area contributed by atoms with Gasteiger partial charge in [0.25, 0.3) is 0 Å². The van der Waals surface area contributed by atoms with E-state index in [0.717, 1.165) is 52.3 Å². The van der Waals surface area contributed by atoms with E-state index in [0.29, 0.717) is 35.4 Å². The molecule has 7 rings (SSSR count). The van der Waals surface area contributed by atoms with Crippen LogP contribution in [-0.2, 0) is 31.0 Å². The molecule has 18 nitrogen and oxygen atoms in total. The lowest BCUT2D eigenvalue weighted by atomic mass is 9.98. The van der Waals surface area contributed by atoms with E-state index in [9.17, 15) is 34.1 Å². The van der Waals surface area contributed by atoms with Crippen molar-refractivity contribution in [3.8, 4) is 0 Å². The number of amides is 3. The maximum absolute atomic E-state index is 13.0. The van der Waals surface area contributed by atoms with E-state index < -0.39 is 29.4 Å². The summed E-state index contributed by atoms with van der Waals surface area (Å²) in [6.07, 6.45) is 2.50. The highest BCUT2D eigenvalue weighted by atomic mass is 19.1. The molecule has 0 bridgehead atoms. The number of imidazole rings is 3. The minimum absolute atomic E-state index is 0.0272. The second-order valence-electron chi connectivity index (χ2n) is 21.6. The molecule has 0 saturated heterocycles. The topological polar surface area (TPSA) is 240 Å². The lowest BCUT2D eigenvalue weighted by Gasteiger charge is -2.25. The van der Waals surface area contributed by atoms with Gasteiger partial charge in [0.1, 0.15) is 28.8 Å². The zero-order valence-electron chi connectivity index (χ0n) is 43.1. The molecule has 0 aromatic carbocycles. The van der Waals surface area contributed by atoms with Gasteiger partial charge >= 0.3 is 0 Å². The molecule has 19 heteroatoms. The molecule has 3 amide bonds. The van der Waals surface area contributed by atoms with Gasteiger partial charge in [0, 0.05) is 33.7 Å². The molecule has 6 aromatic heterocycles. The number of carbonyl (C=O) groups is 3. The molecule has 1 fully saturated rings. The lowest BCUT2D eigenvalue weighted by molar-refractivity contribution is -0.122. The van der Waals surface area contributed by atoms with Gasteiger partial charge in [-0.2, -0.15) is 0 Å². The molecule has 6 N–H and O–H groups in total. The number of aliphatic hydroxyl groups is 3. The van der Waals surface area contributed by atoms with Crippen molar-refractivity contribution in [3.05, 3.63) is 53.5 Å². The fraction of sp³-hybridized carbons (Fsp3) is 0.580. The van der Waals surface area contributed by atoms with Crippen LogP contribution in [0.15, 0.2) is 36.4 Å². The molecule has 1 aliphatic rings. The van der Waals surface area contributed by atoms with Gasteiger partial charge in [-0.3, -0.25) is 44.0 Å². The van der Waals surface area contributed by atoms with Crippen LogP contribution in [0.3, 0.4) is 0 Å². The Hall–Kier alpha value is -5.92. The standard InChI is InChI=1S/C17H25FN4O2.C17H26N4O2.C16H22N4O2/c1-6-17(24,10-18)9-13(23)21-15-20-12-8-7-11(2)19-14(12)22(15)16(3,4)5;1-7-17(6,23)10-13(22)20-15-19-12-9-8-11(2)18-14(12)21(15)16(3,4)5;1-10-5-6-11-13(17-10)20(16(4)7-8-16)14(18-11)19-12(21)9-15(2,3)22/h7-8,24H,6,9-10H2,1-5H3,(H,20,21,23);8-9,23H,7,10H2,1-6H3,(H,19,20,22);5-6,22H,7-9H2,1-4H3,(H,18,19,21). The Morgan fingerprint density at radius 1 is 0.580 bits per heavy atom. The minimum Gasteiger partial charge on any atom is -0.390 e. The summed E-state index contributed by atoms with van der Waals surface area (Å²) in [4.78, 5) is 63.8. The van der Waals surface area contributed by atoms with Gasteiger partial charge in [-0.05, 0) is 152 Å². The molecule has 69 heavy (non-hydrogen) atoms.